The van der Waals surface area contributed by atoms with Crippen molar-refractivity contribution in [1.29, 1.82) is 0 Å². The molecule has 0 radical (unpaired) electrons. The molecule has 2 atom stereocenters. The topological polar surface area (TPSA) is 38.5 Å². The smallest absolute Gasteiger partial charge is 0.123 e. The molecule has 0 aromatic heterocycles. The summed E-state index contributed by atoms with van der Waals surface area (Å²) in [5.41, 5.74) is 6.95. The largest absolute Gasteiger partial charge is 0.380 e. The second-order valence-corrected chi connectivity index (χ2v) is 4.95. The number of likely N-dealkylation sites (N-methyl/N-ethyl adjacent to an activating group) is 1. The summed E-state index contributed by atoms with van der Waals surface area (Å²) in [4.78, 5) is 2.28. The van der Waals surface area contributed by atoms with Gasteiger partial charge in [0.15, 0.2) is 0 Å². The van der Waals surface area contributed by atoms with Crippen LogP contribution in [0.25, 0.3) is 0 Å². The normalized spacial score (nSPS) is 21.4. The zero-order valence-corrected chi connectivity index (χ0v) is 10.8. The SMILES string of the molecule is CN(CCC(N)c1cccc(F)c1)C1CCOC1. The average Bonchev–Trinajstić information content (AvgIpc) is 2.89. The van der Waals surface area contributed by atoms with Crippen molar-refractivity contribution in [1.82, 2.24) is 4.90 Å². The Kier molecular flexibility index (Phi) is 4.69. The molecule has 1 aromatic rings. The molecule has 0 spiro atoms. The second kappa shape index (κ2) is 6.27. The second-order valence-electron chi connectivity index (χ2n) is 4.95. The third kappa shape index (κ3) is 3.51. The van der Waals surface area contributed by atoms with Gasteiger partial charge in [0.05, 0.1) is 6.61 Å². The molecule has 1 aliphatic heterocycles. The highest BCUT2D eigenvalue weighted by Gasteiger charge is 2.20. The van der Waals surface area contributed by atoms with E-state index in [4.69, 9.17) is 10.5 Å². The molecule has 100 valence electrons. The predicted octanol–water partition coefficient (Wildman–Crippen LogP) is 1.94. The number of nitrogens with zero attached hydrogens (tertiary/aromatic N) is 1. The molecule has 3 nitrogen and oxygen atoms in total. The van der Waals surface area contributed by atoms with Crippen molar-refractivity contribution in [2.24, 2.45) is 5.73 Å². The predicted molar refractivity (Wildman–Crippen MR) is 69.8 cm³/mol. The molecule has 1 fully saturated rings. The fourth-order valence-corrected chi connectivity index (χ4v) is 2.30. The van der Waals surface area contributed by atoms with Gasteiger partial charge in [-0.1, -0.05) is 12.1 Å². The lowest BCUT2D eigenvalue weighted by molar-refractivity contribution is 0.157. The summed E-state index contributed by atoms with van der Waals surface area (Å²) in [6, 6.07) is 6.95. The molecule has 1 saturated heterocycles. The van der Waals surface area contributed by atoms with Crippen molar-refractivity contribution < 1.29 is 9.13 Å². The van der Waals surface area contributed by atoms with E-state index in [-0.39, 0.29) is 11.9 Å². The summed E-state index contributed by atoms with van der Waals surface area (Å²) >= 11 is 0. The summed E-state index contributed by atoms with van der Waals surface area (Å²) in [5, 5.41) is 0. The zero-order valence-electron chi connectivity index (χ0n) is 10.8. The molecule has 1 aliphatic rings. The van der Waals surface area contributed by atoms with Crippen LogP contribution >= 0.6 is 0 Å². The molecular formula is C14H21FN2O. The van der Waals surface area contributed by atoms with Crippen molar-refractivity contribution in [2.45, 2.75) is 24.9 Å². The third-order valence-corrected chi connectivity index (χ3v) is 3.60. The molecule has 2 N–H and O–H groups in total. The minimum atomic E-state index is -0.222. The highest BCUT2D eigenvalue weighted by atomic mass is 19.1. The first-order chi connectivity index (χ1) is 8.66. The molecule has 0 bridgehead atoms. The fraction of sp³-hybridized carbons (Fsp3) is 0.571. The van der Waals surface area contributed by atoms with Crippen LogP contribution in [0.1, 0.15) is 24.4 Å². The zero-order chi connectivity index (χ0) is 13.0. The molecule has 1 aromatic carbocycles. The molecule has 4 heteroatoms. The summed E-state index contributed by atoms with van der Waals surface area (Å²) < 4.78 is 18.5. The maximum Gasteiger partial charge on any atom is 0.123 e. The first-order valence-corrected chi connectivity index (χ1v) is 6.46. The quantitative estimate of drug-likeness (QED) is 0.870. The van der Waals surface area contributed by atoms with Gasteiger partial charge in [-0.2, -0.15) is 0 Å². The van der Waals surface area contributed by atoms with E-state index < -0.39 is 0 Å². The molecule has 0 aliphatic carbocycles. The summed E-state index contributed by atoms with van der Waals surface area (Å²) in [6.07, 6.45) is 1.92. The Bertz CT molecular complexity index is 380. The fourth-order valence-electron chi connectivity index (χ4n) is 2.30. The summed E-state index contributed by atoms with van der Waals surface area (Å²) in [6.45, 7) is 2.57. The van der Waals surface area contributed by atoms with Gasteiger partial charge in [0.25, 0.3) is 0 Å². The number of hydrogen-bond acceptors (Lipinski definition) is 3. The Hall–Kier alpha value is -0.970. The Morgan fingerprint density at radius 3 is 3.06 bits per heavy atom. The van der Waals surface area contributed by atoms with Gasteiger partial charge in [-0.25, -0.2) is 4.39 Å². The van der Waals surface area contributed by atoms with E-state index in [1.54, 1.807) is 6.07 Å². The maximum absolute atomic E-state index is 13.1. The Morgan fingerprint density at radius 2 is 2.39 bits per heavy atom. The van der Waals surface area contributed by atoms with Crippen LogP contribution in [0, 0.1) is 5.82 Å². The molecule has 2 unspecified atom stereocenters. The molecule has 2 rings (SSSR count). The Labute approximate surface area is 108 Å². The number of hydrogen-bond donors (Lipinski definition) is 1. The van der Waals surface area contributed by atoms with Crippen molar-refractivity contribution in [3.8, 4) is 0 Å². The van der Waals surface area contributed by atoms with Gasteiger partial charge in [-0.15, -0.1) is 0 Å². The first kappa shape index (κ1) is 13.5. The summed E-state index contributed by atoms with van der Waals surface area (Å²) in [5.74, 6) is -0.222. The van der Waals surface area contributed by atoms with Crippen LogP contribution < -0.4 is 5.73 Å². The van der Waals surface area contributed by atoms with Crippen LogP contribution in [0.3, 0.4) is 0 Å². The van der Waals surface area contributed by atoms with E-state index >= 15 is 0 Å². The number of ether oxygens (including phenoxy) is 1. The molecule has 1 heterocycles. The number of rotatable bonds is 5. The van der Waals surface area contributed by atoms with Gasteiger partial charge in [-0.3, -0.25) is 0 Å². The minimum absolute atomic E-state index is 0.106. The van der Waals surface area contributed by atoms with E-state index in [1.807, 2.05) is 6.07 Å². The molecular weight excluding hydrogens is 231 g/mol. The first-order valence-electron chi connectivity index (χ1n) is 6.46. The third-order valence-electron chi connectivity index (χ3n) is 3.60. The summed E-state index contributed by atoms with van der Waals surface area (Å²) in [7, 11) is 2.09. The molecule has 18 heavy (non-hydrogen) atoms. The number of halogens is 1. The maximum atomic E-state index is 13.1. The van der Waals surface area contributed by atoms with Gasteiger partial charge in [0.2, 0.25) is 0 Å². The standard InChI is InChI=1S/C14H21FN2O/c1-17(13-6-8-18-10-13)7-5-14(16)11-3-2-4-12(15)9-11/h2-4,9,13-14H,5-8,10,16H2,1H3. The van der Waals surface area contributed by atoms with E-state index in [1.165, 1.54) is 12.1 Å². The van der Waals surface area contributed by atoms with Gasteiger partial charge < -0.3 is 15.4 Å². The lowest BCUT2D eigenvalue weighted by Crippen LogP contribution is -2.34. The number of benzene rings is 1. The highest BCUT2D eigenvalue weighted by Crippen LogP contribution is 2.17. The van der Waals surface area contributed by atoms with E-state index in [9.17, 15) is 4.39 Å². The van der Waals surface area contributed by atoms with Crippen molar-refractivity contribution in [3.63, 3.8) is 0 Å². The molecule has 0 amide bonds. The van der Waals surface area contributed by atoms with Crippen molar-refractivity contribution in [2.75, 3.05) is 26.8 Å². The number of nitrogens with two attached hydrogens (primary N) is 1. The van der Waals surface area contributed by atoms with Crippen LogP contribution in [0.5, 0.6) is 0 Å². The van der Waals surface area contributed by atoms with Crippen LogP contribution in [0.15, 0.2) is 24.3 Å². The lowest BCUT2D eigenvalue weighted by Gasteiger charge is -2.24. The van der Waals surface area contributed by atoms with Crippen molar-refractivity contribution in [3.05, 3.63) is 35.6 Å². The van der Waals surface area contributed by atoms with Crippen LogP contribution in [0.4, 0.5) is 4.39 Å². The Balaban J connectivity index is 1.82. The van der Waals surface area contributed by atoms with Crippen molar-refractivity contribution >= 4 is 0 Å². The van der Waals surface area contributed by atoms with Gasteiger partial charge in [0, 0.05) is 25.2 Å². The van der Waals surface area contributed by atoms with Gasteiger partial charge >= 0.3 is 0 Å². The Morgan fingerprint density at radius 1 is 1.56 bits per heavy atom. The van der Waals surface area contributed by atoms with E-state index in [0.717, 1.165) is 38.2 Å². The lowest BCUT2D eigenvalue weighted by atomic mass is 10.0. The van der Waals surface area contributed by atoms with Gasteiger partial charge in [0.1, 0.15) is 5.82 Å². The highest BCUT2D eigenvalue weighted by molar-refractivity contribution is 5.19. The van der Waals surface area contributed by atoms with E-state index in [0.29, 0.717) is 6.04 Å². The minimum Gasteiger partial charge on any atom is -0.380 e. The van der Waals surface area contributed by atoms with Gasteiger partial charge in [-0.05, 0) is 37.6 Å². The van der Waals surface area contributed by atoms with Crippen LogP contribution in [-0.4, -0.2) is 37.7 Å². The van der Waals surface area contributed by atoms with Crippen LogP contribution in [0.2, 0.25) is 0 Å². The molecule has 0 saturated carbocycles. The monoisotopic (exact) mass is 252 g/mol. The van der Waals surface area contributed by atoms with E-state index in [2.05, 4.69) is 11.9 Å². The average molecular weight is 252 g/mol. The van der Waals surface area contributed by atoms with Crippen LogP contribution in [-0.2, 0) is 4.74 Å².